The van der Waals surface area contributed by atoms with Crippen molar-refractivity contribution in [3.63, 3.8) is 0 Å². The normalized spacial score (nSPS) is 11.0. The fourth-order valence-corrected chi connectivity index (χ4v) is 2.22. The highest BCUT2D eigenvalue weighted by atomic mass is 35.5. The van der Waals surface area contributed by atoms with Gasteiger partial charge in [0.05, 0.1) is 0 Å². The molecule has 2 rings (SSSR count). The molecule has 0 aliphatic heterocycles. The van der Waals surface area contributed by atoms with Gasteiger partial charge in [0.25, 0.3) is 0 Å². The Bertz CT molecular complexity index is 633. The third-order valence-electron chi connectivity index (χ3n) is 3.05. The van der Waals surface area contributed by atoms with E-state index in [4.69, 9.17) is 19.4 Å². The molecular formula is C13H14BClFN3. The zero-order valence-corrected chi connectivity index (χ0v) is 11.9. The number of nitrogens with zero attached hydrogens (tertiary/aromatic N) is 3. The largest absolute Gasteiger partial charge is 0.359 e. The molecule has 1 aromatic heterocycles. The highest BCUT2D eigenvalue weighted by molar-refractivity contribution is 6.34. The van der Waals surface area contributed by atoms with E-state index in [0.29, 0.717) is 16.8 Å². The predicted molar refractivity (Wildman–Crippen MR) is 78.2 cm³/mol. The summed E-state index contributed by atoms with van der Waals surface area (Å²) in [5.74, 6) is 0.0873. The number of aromatic nitrogens is 2. The van der Waals surface area contributed by atoms with Crippen molar-refractivity contribution in [2.75, 3.05) is 18.5 Å². The quantitative estimate of drug-likeness (QED) is 0.637. The van der Waals surface area contributed by atoms with Crippen LogP contribution < -0.4 is 10.4 Å². The Hall–Kier alpha value is -1.36. The minimum absolute atomic E-state index is 0.0209. The number of rotatable bonds is 3. The van der Waals surface area contributed by atoms with Gasteiger partial charge in [-0.15, -0.1) is 0 Å². The molecule has 2 aromatic rings. The Morgan fingerprint density at radius 1 is 1.42 bits per heavy atom. The van der Waals surface area contributed by atoms with Gasteiger partial charge in [0.1, 0.15) is 25.0 Å². The van der Waals surface area contributed by atoms with Crippen molar-refractivity contribution in [3.05, 3.63) is 22.7 Å². The Kier molecular flexibility index (Phi) is 3.95. The van der Waals surface area contributed by atoms with Crippen molar-refractivity contribution in [3.8, 4) is 0 Å². The molecule has 19 heavy (non-hydrogen) atoms. The van der Waals surface area contributed by atoms with E-state index in [1.165, 1.54) is 0 Å². The van der Waals surface area contributed by atoms with Crippen molar-refractivity contribution in [1.82, 2.24) is 9.97 Å². The van der Waals surface area contributed by atoms with Gasteiger partial charge in [-0.3, -0.25) is 0 Å². The van der Waals surface area contributed by atoms with E-state index in [0.717, 1.165) is 13.0 Å². The van der Waals surface area contributed by atoms with Crippen LogP contribution in [-0.2, 0) is 0 Å². The number of hydrogen-bond donors (Lipinski definition) is 0. The molecule has 98 valence electrons. The first kappa shape index (κ1) is 14.1. The molecule has 0 saturated heterocycles. The second-order valence-corrected chi connectivity index (χ2v) is 4.89. The van der Waals surface area contributed by atoms with E-state index in [-0.39, 0.29) is 16.3 Å². The highest BCUT2D eigenvalue weighted by Gasteiger charge is 2.16. The molecule has 3 nitrogen and oxygen atoms in total. The molecule has 0 saturated carbocycles. The molecule has 0 N–H and O–H groups in total. The summed E-state index contributed by atoms with van der Waals surface area (Å²) in [5, 5.41) is 0.650. The Labute approximate surface area is 118 Å². The van der Waals surface area contributed by atoms with Crippen molar-refractivity contribution >= 4 is 41.6 Å². The van der Waals surface area contributed by atoms with Crippen LogP contribution in [0.4, 0.5) is 10.2 Å². The average molecular weight is 278 g/mol. The van der Waals surface area contributed by atoms with Gasteiger partial charge in [-0.05, 0) is 31.0 Å². The number of fused-ring (bicyclic) bond motifs is 1. The second kappa shape index (κ2) is 5.33. The number of hydrogen-bond acceptors (Lipinski definition) is 3. The van der Waals surface area contributed by atoms with E-state index < -0.39 is 5.82 Å². The molecule has 6 heteroatoms. The minimum Gasteiger partial charge on any atom is -0.359 e. The van der Waals surface area contributed by atoms with Gasteiger partial charge in [-0.2, -0.15) is 4.98 Å². The number of benzene rings is 1. The maximum Gasteiger partial charge on any atom is 0.225 e. The first-order valence-electron chi connectivity index (χ1n) is 6.08. The monoisotopic (exact) mass is 277 g/mol. The Morgan fingerprint density at radius 3 is 2.74 bits per heavy atom. The topological polar surface area (TPSA) is 29.0 Å². The lowest BCUT2D eigenvalue weighted by Gasteiger charge is -2.20. The summed E-state index contributed by atoms with van der Waals surface area (Å²) in [5.41, 5.74) is 0.939. The molecule has 1 aromatic carbocycles. The summed E-state index contributed by atoms with van der Waals surface area (Å²) < 4.78 is 14.2. The summed E-state index contributed by atoms with van der Waals surface area (Å²) in [6.45, 7) is 4.62. The lowest BCUT2D eigenvalue weighted by atomic mass is 9.89. The van der Waals surface area contributed by atoms with Crippen molar-refractivity contribution in [2.45, 2.75) is 20.3 Å². The lowest BCUT2D eigenvalue weighted by molar-refractivity contribution is 0.643. The van der Waals surface area contributed by atoms with Crippen molar-refractivity contribution in [2.24, 2.45) is 0 Å². The van der Waals surface area contributed by atoms with E-state index in [9.17, 15) is 4.39 Å². The third-order valence-corrected chi connectivity index (χ3v) is 3.22. The van der Waals surface area contributed by atoms with Crippen molar-refractivity contribution < 1.29 is 4.39 Å². The molecule has 0 aliphatic carbocycles. The SMILES string of the molecule is [B]c1c(C)cc2c(N(C)CCC)nc(Cl)nc2c1F. The standard InChI is InChI=1S/C13H14BClFN3/c1-4-5-19(3)12-8-6-7(2)9(14)10(16)11(8)17-13(15)18-12/h6H,4-5H2,1-3H3. The van der Waals surface area contributed by atoms with Gasteiger partial charge in [0, 0.05) is 19.0 Å². The maximum atomic E-state index is 14.2. The summed E-state index contributed by atoms with van der Waals surface area (Å²) in [6.07, 6.45) is 0.954. The summed E-state index contributed by atoms with van der Waals surface area (Å²) in [6, 6.07) is 1.80. The van der Waals surface area contributed by atoms with Crippen LogP contribution in [0.25, 0.3) is 10.9 Å². The molecular weight excluding hydrogens is 263 g/mol. The lowest BCUT2D eigenvalue weighted by Crippen LogP contribution is -2.21. The smallest absolute Gasteiger partial charge is 0.225 e. The first-order chi connectivity index (χ1) is 8.95. The van der Waals surface area contributed by atoms with Crippen LogP contribution in [-0.4, -0.2) is 31.4 Å². The van der Waals surface area contributed by atoms with Crippen LogP contribution in [0.1, 0.15) is 18.9 Å². The Morgan fingerprint density at radius 2 is 2.11 bits per heavy atom. The number of halogens is 2. The fourth-order valence-electron chi connectivity index (χ4n) is 2.06. The van der Waals surface area contributed by atoms with Crippen LogP contribution in [0.15, 0.2) is 6.07 Å². The second-order valence-electron chi connectivity index (χ2n) is 4.56. The summed E-state index contributed by atoms with van der Waals surface area (Å²) >= 11 is 5.88. The van der Waals surface area contributed by atoms with Crippen molar-refractivity contribution in [1.29, 1.82) is 0 Å². The van der Waals surface area contributed by atoms with Crippen LogP contribution >= 0.6 is 11.6 Å². The molecule has 0 amide bonds. The fraction of sp³-hybridized carbons (Fsp3) is 0.385. The van der Waals surface area contributed by atoms with Crippen LogP contribution in [0.3, 0.4) is 0 Å². The molecule has 1 heterocycles. The van der Waals surface area contributed by atoms with Gasteiger partial charge in [0.2, 0.25) is 5.28 Å². The van der Waals surface area contributed by atoms with E-state index in [1.54, 1.807) is 13.0 Å². The molecule has 0 fully saturated rings. The highest BCUT2D eigenvalue weighted by Crippen LogP contribution is 2.26. The van der Waals surface area contributed by atoms with Crippen LogP contribution in [0.2, 0.25) is 5.28 Å². The third kappa shape index (κ3) is 2.52. The van der Waals surface area contributed by atoms with Gasteiger partial charge >= 0.3 is 0 Å². The number of anilines is 1. The average Bonchev–Trinajstić information content (AvgIpc) is 2.37. The first-order valence-corrected chi connectivity index (χ1v) is 6.46. The number of aryl methyl sites for hydroxylation is 1. The molecule has 0 unspecified atom stereocenters. The summed E-state index contributed by atoms with van der Waals surface area (Å²) in [4.78, 5) is 10.1. The zero-order valence-electron chi connectivity index (χ0n) is 11.2. The van der Waals surface area contributed by atoms with E-state index >= 15 is 0 Å². The maximum absolute atomic E-state index is 14.2. The van der Waals surface area contributed by atoms with Crippen LogP contribution in [0, 0.1) is 12.7 Å². The molecule has 0 spiro atoms. The molecule has 0 atom stereocenters. The van der Waals surface area contributed by atoms with E-state index in [1.807, 2.05) is 11.9 Å². The molecule has 2 radical (unpaired) electrons. The summed E-state index contributed by atoms with van der Waals surface area (Å²) in [7, 11) is 7.58. The zero-order chi connectivity index (χ0) is 14.2. The van der Waals surface area contributed by atoms with E-state index in [2.05, 4.69) is 16.9 Å². The molecule has 0 bridgehead atoms. The van der Waals surface area contributed by atoms with Gasteiger partial charge in [-0.1, -0.05) is 17.9 Å². The van der Waals surface area contributed by atoms with Crippen LogP contribution in [0.5, 0.6) is 0 Å². The van der Waals surface area contributed by atoms with Gasteiger partial charge in [0.15, 0.2) is 0 Å². The minimum atomic E-state index is -0.537. The van der Waals surface area contributed by atoms with Gasteiger partial charge in [-0.25, -0.2) is 9.37 Å². The Balaban J connectivity index is 2.77. The predicted octanol–water partition coefficient (Wildman–Crippen LogP) is 2.37. The van der Waals surface area contributed by atoms with Gasteiger partial charge < -0.3 is 4.90 Å². The molecule has 0 aliphatic rings.